The Labute approximate surface area is 151 Å². The molecule has 1 atom stereocenters. The smallest absolute Gasteiger partial charge is 0.306 e. The number of amides is 1. The molecule has 3 rings (SSSR count). The number of methoxy groups -OCH3 is 1. The number of carbonyl (C=O) groups is 2. The predicted molar refractivity (Wildman–Crippen MR) is 97.9 cm³/mol. The number of aliphatic imine (C=N–C) groups is 1. The molecule has 26 heavy (non-hydrogen) atoms. The maximum Gasteiger partial charge on any atom is 0.306 e. The molecule has 0 fully saturated rings. The van der Waals surface area contributed by atoms with Crippen LogP contribution in [0, 0.1) is 26.7 Å². The van der Waals surface area contributed by atoms with E-state index in [9.17, 15) is 9.59 Å². The summed E-state index contributed by atoms with van der Waals surface area (Å²) >= 11 is 0. The van der Waals surface area contributed by atoms with Gasteiger partial charge in [-0.3, -0.25) is 25.2 Å². The third-order valence-electron chi connectivity index (χ3n) is 4.45. The highest BCUT2D eigenvalue weighted by atomic mass is 16.5. The summed E-state index contributed by atoms with van der Waals surface area (Å²) in [5.41, 5.74) is 4.00. The van der Waals surface area contributed by atoms with Crippen molar-refractivity contribution in [3.8, 4) is 0 Å². The van der Waals surface area contributed by atoms with Gasteiger partial charge in [0.1, 0.15) is 0 Å². The van der Waals surface area contributed by atoms with Crippen molar-refractivity contribution in [2.45, 2.75) is 27.2 Å². The van der Waals surface area contributed by atoms with Crippen LogP contribution in [0.15, 0.2) is 17.1 Å². The number of ether oxygens (including phenoxy) is 1. The zero-order valence-corrected chi connectivity index (χ0v) is 15.2. The van der Waals surface area contributed by atoms with E-state index in [1.165, 1.54) is 12.7 Å². The predicted octanol–water partition coefficient (Wildman–Crippen LogP) is 1.63. The summed E-state index contributed by atoms with van der Waals surface area (Å²) < 4.78 is 4.59. The first-order chi connectivity index (χ1) is 12.4. The van der Waals surface area contributed by atoms with Crippen LogP contribution in [0.1, 0.15) is 23.2 Å². The molecule has 1 amide bonds. The highest BCUT2D eigenvalue weighted by Gasteiger charge is 2.27. The highest BCUT2D eigenvalue weighted by Crippen LogP contribution is 2.21. The molecule has 0 aliphatic carbocycles. The van der Waals surface area contributed by atoms with E-state index in [2.05, 4.69) is 43.3 Å². The summed E-state index contributed by atoms with van der Waals surface area (Å²) in [7, 11) is 1.29. The lowest BCUT2D eigenvalue weighted by Gasteiger charge is -2.21. The van der Waals surface area contributed by atoms with Crippen LogP contribution in [0.2, 0.25) is 0 Å². The van der Waals surface area contributed by atoms with Gasteiger partial charge in [0, 0.05) is 5.39 Å². The Hall–Kier alpha value is -3.03. The number of guanidine groups is 1. The van der Waals surface area contributed by atoms with Gasteiger partial charge >= 0.3 is 5.97 Å². The van der Waals surface area contributed by atoms with Crippen LogP contribution < -0.4 is 10.6 Å². The maximum atomic E-state index is 12.1. The number of nitrogens with zero attached hydrogens (tertiary/aromatic N) is 3. The van der Waals surface area contributed by atoms with Gasteiger partial charge in [0.05, 0.1) is 37.2 Å². The second-order valence-corrected chi connectivity index (χ2v) is 6.37. The van der Waals surface area contributed by atoms with Crippen molar-refractivity contribution in [2.75, 3.05) is 19.0 Å². The molecular weight excluding hydrogens is 334 g/mol. The van der Waals surface area contributed by atoms with Gasteiger partial charge in [-0.25, -0.2) is 9.97 Å². The summed E-state index contributed by atoms with van der Waals surface area (Å²) in [6, 6.07) is 4.08. The molecule has 2 aromatic rings. The Balaban J connectivity index is 1.80. The fraction of sp³-hybridized carbons (Fsp3) is 0.389. The lowest BCUT2D eigenvalue weighted by molar-refractivity contribution is -0.143. The van der Waals surface area contributed by atoms with Gasteiger partial charge < -0.3 is 4.74 Å². The van der Waals surface area contributed by atoms with Crippen LogP contribution in [0.4, 0.5) is 5.95 Å². The van der Waals surface area contributed by atoms with Crippen molar-refractivity contribution < 1.29 is 14.3 Å². The van der Waals surface area contributed by atoms with Crippen molar-refractivity contribution in [3.05, 3.63) is 29.0 Å². The average molecular weight is 355 g/mol. The Morgan fingerprint density at radius 2 is 2.00 bits per heavy atom. The second-order valence-electron chi connectivity index (χ2n) is 6.37. The van der Waals surface area contributed by atoms with E-state index in [0.717, 1.165) is 22.2 Å². The zero-order valence-electron chi connectivity index (χ0n) is 15.2. The third kappa shape index (κ3) is 3.63. The summed E-state index contributed by atoms with van der Waals surface area (Å²) in [6.07, 6.45) is 0.00330. The number of benzene rings is 1. The molecule has 2 heterocycles. The molecule has 0 radical (unpaired) electrons. The van der Waals surface area contributed by atoms with E-state index in [4.69, 9.17) is 0 Å². The molecule has 1 aromatic carbocycles. The van der Waals surface area contributed by atoms with Crippen molar-refractivity contribution >= 4 is 34.7 Å². The second kappa shape index (κ2) is 7.07. The van der Waals surface area contributed by atoms with E-state index < -0.39 is 11.9 Å². The monoisotopic (exact) mass is 355 g/mol. The zero-order chi connectivity index (χ0) is 18.8. The van der Waals surface area contributed by atoms with Crippen LogP contribution in [-0.2, 0) is 14.3 Å². The molecule has 1 aliphatic heterocycles. The molecule has 0 bridgehead atoms. The minimum absolute atomic E-state index is 0.00330. The quantitative estimate of drug-likeness (QED) is 0.811. The van der Waals surface area contributed by atoms with Gasteiger partial charge in [0.15, 0.2) is 0 Å². The van der Waals surface area contributed by atoms with Crippen LogP contribution in [-0.4, -0.2) is 41.5 Å². The Kier molecular flexibility index (Phi) is 4.83. The van der Waals surface area contributed by atoms with E-state index in [-0.39, 0.29) is 24.8 Å². The van der Waals surface area contributed by atoms with E-state index in [1.807, 2.05) is 19.9 Å². The van der Waals surface area contributed by atoms with Gasteiger partial charge in [-0.15, -0.1) is 0 Å². The van der Waals surface area contributed by atoms with Gasteiger partial charge in [-0.2, -0.15) is 0 Å². The lowest BCUT2D eigenvalue weighted by atomic mass is 10.0. The third-order valence-corrected chi connectivity index (χ3v) is 4.45. The largest absolute Gasteiger partial charge is 0.469 e. The summed E-state index contributed by atoms with van der Waals surface area (Å²) in [5.74, 6) is -0.604. The molecule has 1 unspecified atom stereocenters. The normalized spacial score (nSPS) is 16.8. The molecular formula is C18H21N5O3. The number of aromatic nitrogens is 2. The summed E-state index contributed by atoms with van der Waals surface area (Å²) in [4.78, 5) is 36.7. The first kappa shape index (κ1) is 17.8. The van der Waals surface area contributed by atoms with Crippen molar-refractivity contribution in [2.24, 2.45) is 10.9 Å². The summed E-state index contributed by atoms with van der Waals surface area (Å²) in [5, 5.41) is 6.58. The highest BCUT2D eigenvalue weighted by molar-refractivity contribution is 6.06. The van der Waals surface area contributed by atoms with Crippen LogP contribution in [0.3, 0.4) is 0 Å². The Morgan fingerprint density at radius 3 is 2.69 bits per heavy atom. The molecule has 0 saturated carbocycles. The molecule has 8 heteroatoms. The molecule has 0 saturated heterocycles. The number of aryl methyl sites for hydroxylation is 3. The number of hydrogen-bond donors (Lipinski definition) is 2. The van der Waals surface area contributed by atoms with Gasteiger partial charge in [0.2, 0.25) is 17.8 Å². The topological polar surface area (TPSA) is 106 Å². The fourth-order valence-corrected chi connectivity index (χ4v) is 2.76. The summed E-state index contributed by atoms with van der Waals surface area (Å²) in [6.45, 7) is 6.20. The Morgan fingerprint density at radius 1 is 1.27 bits per heavy atom. The molecule has 1 aliphatic rings. The number of carbonyl (C=O) groups excluding carboxylic acids is 2. The number of hydrogen-bond acceptors (Lipinski definition) is 7. The van der Waals surface area contributed by atoms with Crippen LogP contribution in [0.5, 0.6) is 0 Å². The average Bonchev–Trinajstić information content (AvgIpc) is 2.59. The van der Waals surface area contributed by atoms with Crippen LogP contribution in [0.25, 0.3) is 10.9 Å². The van der Waals surface area contributed by atoms with E-state index in [0.29, 0.717) is 5.95 Å². The first-order valence-corrected chi connectivity index (χ1v) is 8.32. The Bertz CT molecular complexity index is 923. The number of rotatable bonds is 3. The number of nitrogens with one attached hydrogen (secondary N) is 2. The van der Waals surface area contributed by atoms with Crippen LogP contribution >= 0.6 is 0 Å². The van der Waals surface area contributed by atoms with E-state index in [1.54, 1.807) is 0 Å². The molecule has 8 nitrogen and oxygen atoms in total. The van der Waals surface area contributed by atoms with Gasteiger partial charge in [-0.1, -0.05) is 0 Å². The standard InChI is InChI=1S/C18H21N5O3/c1-9-5-13-11(3)20-18(21-14(13)6-10(9)2)23-17-19-8-12(16(25)22-17)7-15(24)26-4/h5-6,12H,7-8H2,1-4H3,(H2,19,20,21,22,23,25). The van der Waals surface area contributed by atoms with Crippen molar-refractivity contribution in [3.63, 3.8) is 0 Å². The number of anilines is 1. The van der Waals surface area contributed by atoms with Crippen molar-refractivity contribution in [1.29, 1.82) is 0 Å². The minimum Gasteiger partial charge on any atom is -0.469 e. The molecule has 136 valence electrons. The molecule has 0 spiro atoms. The lowest BCUT2D eigenvalue weighted by Crippen LogP contribution is -2.45. The van der Waals surface area contributed by atoms with Gasteiger partial charge in [-0.05, 0) is 44.0 Å². The molecule has 1 aromatic heterocycles. The fourth-order valence-electron chi connectivity index (χ4n) is 2.76. The molecule has 2 N–H and O–H groups in total. The van der Waals surface area contributed by atoms with Crippen molar-refractivity contribution in [1.82, 2.24) is 15.3 Å². The SMILES string of the molecule is COC(=O)CC1CN=C(Nc2nc(C)c3cc(C)c(C)cc3n2)NC1=O. The minimum atomic E-state index is -0.530. The number of esters is 1. The maximum absolute atomic E-state index is 12.1. The number of fused-ring (bicyclic) bond motifs is 1. The first-order valence-electron chi connectivity index (χ1n) is 8.32. The van der Waals surface area contributed by atoms with E-state index >= 15 is 0 Å². The van der Waals surface area contributed by atoms with Gasteiger partial charge in [0.25, 0.3) is 0 Å².